The maximum absolute atomic E-state index is 12.5. The van der Waals surface area contributed by atoms with Gasteiger partial charge in [-0.1, -0.05) is 5.92 Å². The first-order chi connectivity index (χ1) is 9.78. The number of hydrogen-bond acceptors (Lipinski definition) is 5. The fourth-order valence-corrected chi connectivity index (χ4v) is 2.92. The quantitative estimate of drug-likeness (QED) is 0.567. The Morgan fingerprint density at radius 1 is 1.38 bits per heavy atom. The molecule has 118 valence electrons. The minimum atomic E-state index is -1.01. The maximum atomic E-state index is 12.5. The van der Waals surface area contributed by atoms with Crippen LogP contribution in [0.25, 0.3) is 0 Å². The lowest BCUT2D eigenvalue weighted by Gasteiger charge is -2.36. The van der Waals surface area contributed by atoms with Crippen molar-refractivity contribution in [3.63, 3.8) is 0 Å². The Balaban J connectivity index is 2.29. The smallest absolute Gasteiger partial charge is 0.410 e. The van der Waals surface area contributed by atoms with Crippen molar-refractivity contribution in [3.05, 3.63) is 0 Å². The Morgan fingerprint density at radius 3 is 2.48 bits per heavy atom. The fourth-order valence-electron chi connectivity index (χ4n) is 2.92. The molecule has 3 unspecified atom stereocenters. The van der Waals surface area contributed by atoms with E-state index >= 15 is 0 Å². The lowest BCUT2D eigenvalue weighted by Crippen LogP contribution is -2.55. The Bertz CT molecular complexity index is 446. The molecule has 0 aromatic rings. The molecule has 1 amide bonds. The number of carbonyl (C=O) groups is 1. The van der Waals surface area contributed by atoms with Crippen molar-refractivity contribution in [1.82, 2.24) is 4.90 Å². The van der Waals surface area contributed by atoms with Crippen LogP contribution in [0.15, 0.2) is 0 Å². The van der Waals surface area contributed by atoms with Gasteiger partial charge in [0.2, 0.25) is 5.79 Å². The largest absolute Gasteiger partial charge is 0.444 e. The SMILES string of the molecule is C#CC1CN(C(=O)OC(C)(C)C)C2C1OCC2(OC)OC. The first kappa shape index (κ1) is 16.1. The van der Waals surface area contributed by atoms with Crippen LogP contribution in [0.3, 0.4) is 0 Å². The van der Waals surface area contributed by atoms with Gasteiger partial charge in [-0.25, -0.2) is 4.79 Å². The molecule has 2 aliphatic heterocycles. The number of nitrogens with zero attached hydrogens (tertiary/aromatic N) is 1. The van der Waals surface area contributed by atoms with Crippen LogP contribution in [-0.4, -0.2) is 61.9 Å². The van der Waals surface area contributed by atoms with E-state index in [1.165, 1.54) is 14.2 Å². The highest BCUT2D eigenvalue weighted by Gasteiger charge is 2.61. The monoisotopic (exact) mass is 297 g/mol. The van der Waals surface area contributed by atoms with Crippen molar-refractivity contribution in [3.8, 4) is 12.3 Å². The predicted molar refractivity (Wildman–Crippen MR) is 75.5 cm³/mol. The number of methoxy groups -OCH3 is 2. The minimum absolute atomic E-state index is 0.199. The van der Waals surface area contributed by atoms with Crippen molar-refractivity contribution in [1.29, 1.82) is 0 Å². The number of ether oxygens (including phenoxy) is 4. The molecule has 0 spiro atoms. The molecule has 0 aliphatic carbocycles. The Morgan fingerprint density at radius 2 is 2.00 bits per heavy atom. The Hall–Kier alpha value is -1.29. The summed E-state index contributed by atoms with van der Waals surface area (Å²) in [7, 11) is 3.07. The van der Waals surface area contributed by atoms with Crippen LogP contribution in [0.4, 0.5) is 4.79 Å². The summed E-state index contributed by atoms with van der Waals surface area (Å²) in [5, 5.41) is 0. The van der Waals surface area contributed by atoms with Gasteiger partial charge in [0.25, 0.3) is 0 Å². The van der Waals surface area contributed by atoms with Crippen molar-refractivity contribution in [2.45, 2.75) is 44.3 Å². The highest BCUT2D eigenvalue weighted by atomic mass is 16.7. The molecule has 2 heterocycles. The van der Waals surface area contributed by atoms with Crippen LogP contribution in [0.2, 0.25) is 0 Å². The molecule has 0 aromatic heterocycles. The molecule has 3 atom stereocenters. The molecule has 2 rings (SSSR count). The van der Waals surface area contributed by atoms with Gasteiger partial charge in [0.05, 0.1) is 12.0 Å². The lowest BCUT2D eigenvalue weighted by atomic mass is 9.99. The molecule has 0 aromatic carbocycles. The third-order valence-electron chi connectivity index (χ3n) is 3.90. The summed E-state index contributed by atoms with van der Waals surface area (Å²) in [5.41, 5.74) is -0.580. The third kappa shape index (κ3) is 2.73. The van der Waals surface area contributed by atoms with Crippen molar-refractivity contribution in [2.75, 3.05) is 27.4 Å². The van der Waals surface area contributed by atoms with Crippen LogP contribution < -0.4 is 0 Å². The van der Waals surface area contributed by atoms with Crippen molar-refractivity contribution >= 4 is 6.09 Å². The van der Waals surface area contributed by atoms with E-state index in [9.17, 15) is 4.79 Å². The van der Waals surface area contributed by atoms with Crippen molar-refractivity contribution in [2.24, 2.45) is 5.92 Å². The number of hydrogen-bond donors (Lipinski definition) is 0. The van der Waals surface area contributed by atoms with E-state index in [-0.39, 0.29) is 18.6 Å². The molecule has 0 N–H and O–H groups in total. The van der Waals surface area contributed by atoms with E-state index in [1.807, 2.05) is 20.8 Å². The topological polar surface area (TPSA) is 57.2 Å². The molecule has 6 heteroatoms. The lowest BCUT2D eigenvalue weighted by molar-refractivity contribution is -0.224. The number of carbonyl (C=O) groups excluding carboxylic acids is 1. The second-order valence-electron chi connectivity index (χ2n) is 6.35. The average molecular weight is 297 g/mol. The fraction of sp³-hybridized carbons (Fsp3) is 0.800. The molecule has 0 radical (unpaired) electrons. The highest BCUT2D eigenvalue weighted by Crippen LogP contribution is 2.41. The summed E-state index contributed by atoms with van der Waals surface area (Å²) in [6.45, 7) is 6.06. The van der Waals surface area contributed by atoms with Gasteiger partial charge in [0.1, 0.15) is 18.2 Å². The van der Waals surface area contributed by atoms with Gasteiger partial charge < -0.3 is 18.9 Å². The van der Waals surface area contributed by atoms with Crippen LogP contribution in [0.1, 0.15) is 20.8 Å². The first-order valence-corrected chi connectivity index (χ1v) is 6.95. The summed E-state index contributed by atoms with van der Waals surface area (Å²) >= 11 is 0. The zero-order valence-corrected chi connectivity index (χ0v) is 13.2. The molecule has 2 aliphatic rings. The number of terminal acetylenes is 1. The van der Waals surface area contributed by atoms with E-state index in [2.05, 4.69) is 5.92 Å². The standard InChI is InChI=1S/C15H23NO5/c1-7-10-8-16(13(17)21-14(2,3)4)12-11(10)20-9-15(12,18-5)19-6/h1,10-12H,8-9H2,2-6H3. The Labute approximate surface area is 125 Å². The normalized spacial score (nSPS) is 30.9. The Kier molecular flexibility index (Phi) is 4.20. The van der Waals surface area contributed by atoms with E-state index in [1.54, 1.807) is 4.90 Å². The summed E-state index contributed by atoms with van der Waals surface area (Å²) in [4.78, 5) is 14.0. The second-order valence-corrected chi connectivity index (χ2v) is 6.35. The summed E-state index contributed by atoms with van der Waals surface area (Å²) in [6.07, 6.45) is 4.83. The van der Waals surface area contributed by atoms with Crippen molar-refractivity contribution < 1.29 is 23.7 Å². The molecular weight excluding hydrogens is 274 g/mol. The van der Waals surface area contributed by atoms with E-state index in [4.69, 9.17) is 25.4 Å². The molecule has 0 bridgehead atoms. The molecule has 21 heavy (non-hydrogen) atoms. The van der Waals surface area contributed by atoms with Crippen LogP contribution >= 0.6 is 0 Å². The summed E-state index contributed by atoms with van der Waals surface area (Å²) in [5.74, 6) is 1.48. The van der Waals surface area contributed by atoms with E-state index < -0.39 is 23.5 Å². The number of rotatable bonds is 2. The van der Waals surface area contributed by atoms with Gasteiger partial charge in [-0.15, -0.1) is 6.42 Å². The van der Waals surface area contributed by atoms with E-state index in [0.717, 1.165) is 0 Å². The van der Waals surface area contributed by atoms with Gasteiger partial charge in [0, 0.05) is 20.8 Å². The van der Waals surface area contributed by atoms with Crippen LogP contribution in [-0.2, 0) is 18.9 Å². The van der Waals surface area contributed by atoms with Gasteiger partial charge in [-0.2, -0.15) is 0 Å². The zero-order chi connectivity index (χ0) is 15.8. The first-order valence-electron chi connectivity index (χ1n) is 6.95. The molecule has 0 saturated carbocycles. The van der Waals surface area contributed by atoms with Crippen LogP contribution in [0, 0.1) is 18.3 Å². The van der Waals surface area contributed by atoms with Gasteiger partial charge in [0.15, 0.2) is 0 Å². The van der Waals surface area contributed by atoms with Gasteiger partial charge in [-0.05, 0) is 20.8 Å². The molecular formula is C15H23NO5. The number of likely N-dealkylation sites (tertiary alicyclic amines) is 1. The molecule has 2 saturated heterocycles. The van der Waals surface area contributed by atoms with Crippen LogP contribution in [0.5, 0.6) is 0 Å². The summed E-state index contributed by atoms with van der Waals surface area (Å²) < 4.78 is 22.2. The van der Waals surface area contributed by atoms with E-state index in [0.29, 0.717) is 6.54 Å². The second kappa shape index (κ2) is 5.48. The predicted octanol–water partition coefficient (Wildman–Crippen LogP) is 1.24. The van der Waals surface area contributed by atoms with Gasteiger partial charge >= 0.3 is 6.09 Å². The molecule has 2 fully saturated rings. The number of fused-ring (bicyclic) bond motifs is 1. The highest BCUT2D eigenvalue weighted by molar-refractivity contribution is 5.69. The summed E-state index contributed by atoms with van der Waals surface area (Å²) in [6, 6.07) is -0.414. The average Bonchev–Trinajstić information content (AvgIpc) is 2.94. The minimum Gasteiger partial charge on any atom is -0.444 e. The molecule has 6 nitrogen and oxygen atoms in total. The third-order valence-corrected chi connectivity index (χ3v) is 3.90. The maximum Gasteiger partial charge on any atom is 0.410 e. The zero-order valence-electron chi connectivity index (χ0n) is 13.2. The number of amides is 1. The van der Waals surface area contributed by atoms with Gasteiger partial charge in [-0.3, -0.25) is 4.90 Å².